The van der Waals surface area contributed by atoms with E-state index < -0.39 is 20.5 Å². The van der Waals surface area contributed by atoms with E-state index in [4.69, 9.17) is 37.3 Å². The second-order valence-electron chi connectivity index (χ2n) is 4.38. The minimum atomic E-state index is -4.94. The lowest BCUT2D eigenvalue weighted by molar-refractivity contribution is -2.00. The van der Waals surface area contributed by atoms with Crippen LogP contribution in [0, 0.1) is 34.3 Å². The molecular weight excluding hydrogens is 361 g/mol. The summed E-state index contributed by atoms with van der Waals surface area (Å²) in [7, 11) is -5.76. The van der Waals surface area contributed by atoms with Gasteiger partial charge in [0.2, 0.25) is 0 Å². The van der Waals surface area contributed by atoms with E-state index in [0.717, 1.165) is 0 Å². The Morgan fingerprint density at radius 3 is 1.65 bits per heavy atom. The van der Waals surface area contributed by atoms with Crippen molar-refractivity contribution >= 4 is 5.65 Å². The van der Waals surface area contributed by atoms with Gasteiger partial charge in [0.05, 0.1) is 14.1 Å². The largest absolute Gasteiger partial charge is 0.329 e. The fourth-order valence-corrected chi connectivity index (χ4v) is 1.69. The van der Waals surface area contributed by atoms with Crippen LogP contribution < -0.4 is 46.4 Å². The van der Waals surface area contributed by atoms with Crippen LogP contribution in [0.1, 0.15) is 11.4 Å². The lowest BCUT2D eigenvalue weighted by Gasteiger charge is -2.17. The minimum Gasteiger partial charge on any atom is -0.235 e. The molecule has 11 nitrogen and oxygen atoms in total. The SMILES string of the molecule is Cc1cc(C)[n+](C)c2c[n+](C)cn12.[O-][Cl+3]([O-])([O-])[O-].[O-][Cl+3]([O-])([O-])[O-]. The predicted octanol–water partition coefficient (Wildman–Crippen LogP) is -9.31. The summed E-state index contributed by atoms with van der Waals surface area (Å²) in [6.07, 6.45) is 4.21. The molecule has 2 aromatic heterocycles. The molecule has 0 radical (unpaired) electrons. The summed E-state index contributed by atoms with van der Waals surface area (Å²) in [5, 5.41) is 0. The molecule has 23 heavy (non-hydrogen) atoms. The number of rotatable bonds is 0. The normalized spacial score (nSPS) is 11.5. The fourth-order valence-electron chi connectivity index (χ4n) is 1.69. The zero-order valence-electron chi connectivity index (χ0n) is 12.6. The Labute approximate surface area is 135 Å². The van der Waals surface area contributed by atoms with Gasteiger partial charge >= 0.3 is 5.65 Å². The molecule has 0 saturated carbocycles. The standard InChI is InChI=1S/C10H15N3.2ClHO4/c1-8-5-9(2)13-7-11(3)6-10(13)12(8)4;2*2-1(3,4)5/h5-7H,1-4H3;2*(H,2,3,4,5)/q+2;;/p-2. The summed E-state index contributed by atoms with van der Waals surface area (Å²) < 4.78 is 74.4. The molecule has 0 unspecified atom stereocenters. The minimum absolute atomic E-state index is 1.22. The molecule has 0 aromatic carbocycles. The van der Waals surface area contributed by atoms with E-state index >= 15 is 0 Å². The summed E-state index contributed by atoms with van der Waals surface area (Å²) in [5.74, 6) is 0. The maximum absolute atomic E-state index is 8.49. The molecule has 0 saturated heterocycles. The molecule has 2 aromatic rings. The van der Waals surface area contributed by atoms with Gasteiger partial charge in [0.1, 0.15) is 11.4 Å². The summed E-state index contributed by atoms with van der Waals surface area (Å²) in [5.41, 5.74) is 3.77. The lowest BCUT2D eigenvalue weighted by Crippen LogP contribution is -2.68. The Morgan fingerprint density at radius 1 is 0.870 bits per heavy atom. The summed E-state index contributed by atoms with van der Waals surface area (Å²) in [6.45, 7) is 4.25. The zero-order valence-corrected chi connectivity index (χ0v) is 14.1. The summed E-state index contributed by atoms with van der Waals surface area (Å²) in [6, 6.07) is 2.19. The molecule has 0 aliphatic heterocycles. The molecular formula is C10H15Cl2N3O8. The van der Waals surface area contributed by atoms with Gasteiger partial charge in [-0.25, -0.2) is 46.4 Å². The molecule has 0 aliphatic carbocycles. The second kappa shape index (κ2) is 8.12. The van der Waals surface area contributed by atoms with Crippen LogP contribution in [-0.2, 0) is 14.1 Å². The first-order chi connectivity index (χ1) is 10.1. The third kappa shape index (κ3) is 10.3. The summed E-state index contributed by atoms with van der Waals surface area (Å²) in [4.78, 5) is 0. The van der Waals surface area contributed by atoms with Crippen molar-refractivity contribution in [2.75, 3.05) is 0 Å². The fraction of sp³-hybridized carbons (Fsp3) is 0.400. The van der Waals surface area contributed by atoms with E-state index in [2.05, 4.69) is 53.0 Å². The van der Waals surface area contributed by atoms with Crippen molar-refractivity contribution in [3.05, 3.63) is 30.0 Å². The Morgan fingerprint density at radius 2 is 1.26 bits per heavy atom. The van der Waals surface area contributed by atoms with Gasteiger partial charge in [0.15, 0.2) is 6.20 Å². The van der Waals surface area contributed by atoms with Gasteiger partial charge < -0.3 is 0 Å². The van der Waals surface area contributed by atoms with Gasteiger partial charge in [-0.2, -0.15) is 4.40 Å². The molecule has 13 heteroatoms. The van der Waals surface area contributed by atoms with Crippen molar-refractivity contribution in [3.8, 4) is 0 Å². The van der Waals surface area contributed by atoms with Crippen LogP contribution in [0.5, 0.6) is 0 Å². The van der Waals surface area contributed by atoms with Crippen molar-refractivity contribution in [2.24, 2.45) is 14.1 Å². The Kier molecular flexibility index (Phi) is 7.72. The smallest absolute Gasteiger partial charge is 0.235 e. The zero-order chi connectivity index (χ0) is 18.6. The highest BCUT2D eigenvalue weighted by molar-refractivity contribution is 5.28. The number of aromatic nitrogens is 3. The van der Waals surface area contributed by atoms with Gasteiger partial charge in [0, 0.05) is 6.07 Å². The maximum Gasteiger partial charge on any atom is 0.329 e. The van der Waals surface area contributed by atoms with E-state index in [1.54, 1.807) is 0 Å². The van der Waals surface area contributed by atoms with E-state index in [9.17, 15) is 0 Å². The third-order valence-corrected chi connectivity index (χ3v) is 2.53. The molecule has 0 amide bonds. The van der Waals surface area contributed by atoms with Gasteiger partial charge in [-0.3, -0.25) is 0 Å². The molecule has 0 N–H and O–H groups in total. The molecule has 0 fully saturated rings. The molecule has 2 rings (SSSR count). The number of imidazole rings is 1. The number of halogens is 2. The average molecular weight is 376 g/mol. The first-order valence-electron chi connectivity index (χ1n) is 5.66. The molecule has 0 aliphatic rings. The monoisotopic (exact) mass is 375 g/mol. The number of hydrogen-bond acceptors (Lipinski definition) is 8. The van der Waals surface area contributed by atoms with Gasteiger partial charge in [-0.05, 0) is 13.8 Å². The van der Waals surface area contributed by atoms with Crippen molar-refractivity contribution in [1.82, 2.24) is 4.40 Å². The Bertz CT molecular complexity index is 626. The van der Waals surface area contributed by atoms with Crippen molar-refractivity contribution < 1.29 is 66.9 Å². The second-order valence-corrected chi connectivity index (χ2v) is 5.89. The van der Waals surface area contributed by atoms with Gasteiger partial charge in [-0.15, -0.1) is 20.5 Å². The highest BCUT2D eigenvalue weighted by Gasteiger charge is 2.13. The van der Waals surface area contributed by atoms with E-state index in [0.29, 0.717) is 0 Å². The van der Waals surface area contributed by atoms with Gasteiger partial charge in [-0.1, -0.05) is 0 Å². The number of fused-ring (bicyclic) bond motifs is 1. The quantitative estimate of drug-likeness (QED) is 0.404. The van der Waals surface area contributed by atoms with E-state index in [1.807, 2.05) is 7.05 Å². The molecule has 0 bridgehead atoms. The predicted molar refractivity (Wildman–Crippen MR) is 49.2 cm³/mol. The van der Waals surface area contributed by atoms with Crippen LogP contribution >= 0.6 is 0 Å². The molecule has 0 spiro atoms. The van der Waals surface area contributed by atoms with Gasteiger partial charge in [0.25, 0.3) is 6.33 Å². The van der Waals surface area contributed by atoms with Crippen LogP contribution in [0.25, 0.3) is 5.65 Å². The molecule has 2 heterocycles. The van der Waals surface area contributed by atoms with Crippen LogP contribution in [-0.4, -0.2) is 4.40 Å². The Balaban J connectivity index is 0.000000406. The molecule has 0 atom stereocenters. The van der Waals surface area contributed by atoms with Crippen molar-refractivity contribution in [3.63, 3.8) is 0 Å². The molecule has 132 valence electrons. The third-order valence-electron chi connectivity index (χ3n) is 2.53. The van der Waals surface area contributed by atoms with Crippen LogP contribution in [0.3, 0.4) is 0 Å². The summed E-state index contributed by atoms with van der Waals surface area (Å²) >= 11 is 0. The number of aryl methyl sites for hydroxylation is 4. The first kappa shape index (κ1) is 21.9. The topological polar surface area (TPSA) is 197 Å². The van der Waals surface area contributed by atoms with Crippen molar-refractivity contribution in [2.45, 2.75) is 13.8 Å². The van der Waals surface area contributed by atoms with E-state index in [1.165, 1.54) is 17.0 Å². The number of hydrogen-bond donors (Lipinski definition) is 0. The average Bonchev–Trinajstić information content (AvgIpc) is 2.64. The Hall–Kier alpha value is -1.12. The van der Waals surface area contributed by atoms with E-state index in [-0.39, 0.29) is 0 Å². The first-order valence-corrected chi connectivity index (χ1v) is 8.13. The highest BCUT2D eigenvalue weighted by atomic mass is 35.7. The number of nitrogens with zero attached hydrogens (tertiary/aromatic N) is 3. The van der Waals surface area contributed by atoms with Crippen LogP contribution in [0.2, 0.25) is 0 Å². The lowest BCUT2D eigenvalue weighted by atomic mass is 10.3. The van der Waals surface area contributed by atoms with Crippen LogP contribution in [0.15, 0.2) is 18.6 Å². The highest BCUT2D eigenvalue weighted by Crippen LogP contribution is 2.02. The van der Waals surface area contributed by atoms with Crippen molar-refractivity contribution in [1.29, 1.82) is 0 Å². The maximum atomic E-state index is 8.49. The van der Waals surface area contributed by atoms with Crippen LogP contribution in [0.4, 0.5) is 0 Å².